The molecule has 7 nitrogen and oxygen atoms in total. The summed E-state index contributed by atoms with van der Waals surface area (Å²) in [5.41, 5.74) is 6.02. The molecule has 4 N–H and O–H groups in total. The highest BCUT2D eigenvalue weighted by Crippen LogP contribution is 2.32. The van der Waals surface area contributed by atoms with Crippen molar-refractivity contribution < 1.29 is 9.53 Å². The number of carbonyl (C=O) groups is 1. The Labute approximate surface area is 134 Å². The highest BCUT2D eigenvalue weighted by atomic mass is 35.5. The Morgan fingerprint density at radius 1 is 1.41 bits per heavy atom. The van der Waals surface area contributed by atoms with Crippen LogP contribution in [0.5, 0.6) is 5.75 Å². The Morgan fingerprint density at radius 3 is 2.68 bits per heavy atom. The van der Waals surface area contributed by atoms with Crippen LogP contribution < -0.4 is 15.8 Å². The van der Waals surface area contributed by atoms with Gasteiger partial charge < -0.3 is 15.8 Å². The van der Waals surface area contributed by atoms with Crippen molar-refractivity contribution in [2.45, 2.75) is 24.9 Å². The number of aromatic amines is 1. The minimum absolute atomic E-state index is 0. The molecule has 1 aromatic carbocycles. The van der Waals surface area contributed by atoms with E-state index < -0.39 is 5.54 Å². The van der Waals surface area contributed by atoms with Crippen LogP contribution in [0.25, 0.3) is 11.4 Å². The van der Waals surface area contributed by atoms with Crippen LogP contribution in [-0.4, -0.2) is 33.7 Å². The molecule has 0 saturated heterocycles. The number of nitrogens with zero attached hydrogens (tertiary/aromatic N) is 2. The zero-order chi connectivity index (χ0) is 14.9. The number of hydrogen-bond donors (Lipinski definition) is 3. The van der Waals surface area contributed by atoms with Crippen LogP contribution in [0.4, 0.5) is 0 Å². The quantitative estimate of drug-likeness (QED) is 0.761. The molecule has 8 heteroatoms. The van der Waals surface area contributed by atoms with Crippen LogP contribution >= 0.6 is 12.4 Å². The molecule has 0 unspecified atom stereocenters. The molecule has 118 valence electrons. The molecule has 22 heavy (non-hydrogen) atoms. The van der Waals surface area contributed by atoms with Gasteiger partial charge in [-0.2, -0.15) is 5.10 Å². The maximum absolute atomic E-state index is 11.7. The highest BCUT2D eigenvalue weighted by Gasteiger charge is 2.45. The van der Waals surface area contributed by atoms with Crippen molar-refractivity contribution in [1.82, 2.24) is 20.5 Å². The lowest BCUT2D eigenvalue weighted by Crippen LogP contribution is -2.42. The number of methoxy groups -OCH3 is 1. The van der Waals surface area contributed by atoms with Gasteiger partial charge in [-0.15, -0.1) is 12.4 Å². The van der Waals surface area contributed by atoms with E-state index in [4.69, 9.17) is 10.5 Å². The average Bonchev–Trinajstić information content (AvgIpc) is 3.10. The van der Waals surface area contributed by atoms with E-state index in [2.05, 4.69) is 20.5 Å². The van der Waals surface area contributed by atoms with Gasteiger partial charge in [0.05, 0.1) is 19.2 Å². The lowest BCUT2D eigenvalue weighted by atomic mass is 10.2. The number of ether oxygens (including phenoxy) is 1. The monoisotopic (exact) mass is 323 g/mol. The summed E-state index contributed by atoms with van der Waals surface area (Å²) in [7, 11) is 1.62. The van der Waals surface area contributed by atoms with E-state index in [1.54, 1.807) is 7.11 Å². The van der Waals surface area contributed by atoms with E-state index in [1.165, 1.54) is 0 Å². The number of benzene rings is 1. The number of carbonyl (C=O) groups excluding carboxylic acids is 1. The number of amides is 1. The summed E-state index contributed by atoms with van der Waals surface area (Å²) in [6, 6.07) is 7.45. The molecule has 1 fully saturated rings. The van der Waals surface area contributed by atoms with Crippen molar-refractivity contribution in [3.05, 3.63) is 30.1 Å². The second kappa shape index (κ2) is 6.33. The summed E-state index contributed by atoms with van der Waals surface area (Å²) in [6.45, 7) is 0.293. The van der Waals surface area contributed by atoms with E-state index in [0.717, 1.165) is 24.2 Å². The lowest BCUT2D eigenvalue weighted by Gasteiger charge is -2.07. The van der Waals surface area contributed by atoms with Crippen LogP contribution in [0.2, 0.25) is 0 Å². The number of H-pyrrole nitrogens is 1. The normalized spacial score (nSPS) is 14.8. The number of rotatable bonds is 5. The molecule has 1 aliphatic rings. The third-order valence-corrected chi connectivity index (χ3v) is 3.54. The molecule has 0 bridgehead atoms. The van der Waals surface area contributed by atoms with Gasteiger partial charge in [-0.05, 0) is 37.1 Å². The Balaban J connectivity index is 0.00000176. The number of nitrogens with one attached hydrogen (secondary N) is 2. The average molecular weight is 324 g/mol. The van der Waals surface area contributed by atoms with Crippen LogP contribution in [0.3, 0.4) is 0 Å². The van der Waals surface area contributed by atoms with Gasteiger partial charge in [0.1, 0.15) is 11.6 Å². The Bertz CT molecular complexity index is 652. The van der Waals surface area contributed by atoms with Crippen molar-refractivity contribution in [3.8, 4) is 17.1 Å². The molecular formula is C14H18ClN5O2. The topological polar surface area (TPSA) is 106 Å². The predicted octanol–water partition coefficient (Wildman–Crippen LogP) is 1.01. The second-order valence-corrected chi connectivity index (χ2v) is 5.17. The molecule has 1 saturated carbocycles. The van der Waals surface area contributed by atoms with Crippen LogP contribution in [-0.2, 0) is 11.3 Å². The van der Waals surface area contributed by atoms with E-state index in [1.807, 2.05) is 24.3 Å². The molecule has 0 aliphatic heterocycles. The smallest absolute Gasteiger partial charge is 0.240 e. The van der Waals surface area contributed by atoms with Crippen molar-refractivity contribution in [1.29, 1.82) is 0 Å². The van der Waals surface area contributed by atoms with Gasteiger partial charge in [0.25, 0.3) is 0 Å². The molecule has 2 aromatic rings. The van der Waals surface area contributed by atoms with Crippen LogP contribution in [0.15, 0.2) is 24.3 Å². The first-order valence-electron chi connectivity index (χ1n) is 6.74. The molecule has 1 amide bonds. The minimum atomic E-state index is -0.668. The first kappa shape index (κ1) is 16.3. The molecule has 1 heterocycles. The van der Waals surface area contributed by atoms with Crippen molar-refractivity contribution in [2.24, 2.45) is 5.73 Å². The molecular weight excluding hydrogens is 306 g/mol. The maximum Gasteiger partial charge on any atom is 0.240 e. The zero-order valence-corrected chi connectivity index (χ0v) is 12.9. The van der Waals surface area contributed by atoms with Crippen molar-refractivity contribution in [2.75, 3.05) is 7.11 Å². The summed E-state index contributed by atoms with van der Waals surface area (Å²) < 4.78 is 5.10. The number of aromatic nitrogens is 3. The molecule has 0 radical (unpaired) electrons. The second-order valence-electron chi connectivity index (χ2n) is 5.17. The summed E-state index contributed by atoms with van der Waals surface area (Å²) >= 11 is 0. The van der Waals surface area contributed by atoms with E-state index in [9.17, 15) is 4.79 Å². The maximum atomic E-state index is 11.7. The fraction of sp³-hybridized carbons (Fsp3) is 0.357. The fourth-order valence-corrected chi connectivity index (χ4v) is 1.95. The standard InChI is InChI=1S/C14H17N5O2.ClH/c1-21-10-4-2-9(3-5-10)12-17-11(18-19-12)8-16-13(20)14(15)6-7-14;/h2-5H,6-8,15H2,1H3,(H,16,20)(H,17,18,19);1H. The van der Waals surface area contributed by atoms with Crippen molar-refractivity contribution >= 4 is 18.3 Å². The Morgan fingerprint density at radius 2 is 2.09 bits per heavy atom. The van der Waals surface area contributed by atoms with Gasteiger partial charge in [0.2, 0.25) is 5.91 Å². The van der Waals surface area contributed by atoms with Gasteiger partial charge >= 0.3 is 0 Å². The third-order valence-electron chi connectivity index (χ3n) is 3.54. The SMILES string of the molecule is COc1ccc(-c2n[nH]c(CNC(=O)C3(N)CC3)n2)cc1.Cl. The van der Waals surface area contributed by atoms with Gasteiger partial charge in [0.15, 0.2) is 5.82 Å². The third kappa shape index (κ3) is 3.37. The zero-order valence-electron chi connectivity index (χ0n) is 12.1. The van der Waals surface area contributed by atoms with E-state index in [0.29, 0.717) is 18.2 Å². The predicted molar refractivity (Wildman–Crippen MR) is 83.6 cm³/mol. The van der Waals surface area contributed by atoms with Gasteiger partial charge in [0, 0.05) is 5.56 Å². The molecule has 1 aromatic heterocycles. The first-order chi connectivity index (χ1) is 10.1. The molecule has 0 atom stereocenters. The largest absolute Gasteiger partial charge is 0.497 e. The van der Waals surface area contributed by atoms with Gasteiger partial charge in [-0.3, -0.25) is 9.89 Å². The van der Waals surface area contributed by atoms with Crippen LogP contribution in [0, 0.1) is 0 Å². The summed E-state index contributed by atoms with van der Waals surface area (Å²) in [6.07, 6.45) is 1.48. The van der Waals surface area contributed by atoms with Crippen LogP contribution in [0.1, 0.15) is 18.7 Å². The summed E-state index contributed by atoms with van der Waals surface area (Å²) in [5, 5.41) is 9.72. The Kier molecular flexibility index (Phi) is 4.68. The molecule has 1 aliphatic carbocycles. The first-order valence-corrected chi connectivity index (χ1v) is 6.74. The number of hydrogen-bond acceptors (Lipinski definition) is 5. The fourth-order valence-electron chi connectivity index (χ4n) is 1.95. The molecule has 0 spiro atoms. The van der Waals surface area contributed by atoms with Gasteiger partial charge in [-0.25, -0.2) is 4.98 Å². The van der Waals surface area contributed by atoms with Gasteiger partial charge in [-0.1, -0.05) is 0 Å². The number of nitrogens with two attached hydrogens (primary N) is 1. The summed E-state index contributed by atoms with van der Waals surface area (Å²) in [5.74, 6) is 1.82. The molecule has 3 rings (SSSR count). The van der Waals surface area contributed by atoms with Crippen molar-refractivity contribution in [3.63, 3.8) is 0 Å². The summed E-state index contributed by atoms with van der Waals surface area (Å²) in [4.78, 5) is 16.1. The Hall–Kier alpha value is -2.12. The lowest BCUT2D eigenvalue weighted by molar-refractivity contribution is -0.123. The highest BCUT2D eigenvalue weighted by molar-refractivity contribution is 5.88. The van der Waals surface area contributed by atoms with E-state index >= 15 is 0 Å². The minimum Gasteiger partial charge on any atom is -0.497 e. The van der Waals surface area contributed by atoms with E-state index in [-0.39, 0.29) is 18.3 Å². The number of halogens is 1.